The summed E-state index contributed by atoms with van der Waals surface area (Å²) in [5.41, 5.74) is 0.155. The molecule has 2 bridgehead atoms. The number of hydrogen-bond donors (Lipinski definition) is 3. The van der Waals surface area contributed by atoms with Crippen molar-refractivity contribution in [2.24, 2.45) is 29.6 Å². The first-order valence-electron chi connectivity index (χ1n) is 14.1. The average molecular weight is 533 g/mol. The highest BCUT2D eigenvalue weighted by Gasteiger charge is 2.51. The second-order valence-electron chi connectivity index (χ2n) is 11.2. The molecule has 3 fully saturated rings. The molecule has 0 spiro atoms. The van der Waals surface area contributed by atoms with Crippen LogP contribution in [0.15, 0.2) is 12.1 Å². The minimum Gasteiger partial charge on any atom is -0.496 e. The maximum absolute atomic E-state index is 14.9. The first-order valence-corrected chi connectivity index (χ1v) is 14.1. The van der Waals surface area contributed by atoms with Gasteiger partial charge in [-0.2, -0.15) is 0 Å². The number of benzene rings is 1. The van der Waals surface area contributed by atoms with Gasteiger partial charge in [-0.15, -0.1) is 0 Å². The Morgan fingerprint density at radius 2 is 1.71 bits per heavy atom. The highest BCUT2D eigenvalue weighted by Crippen LogP contribution is 2.49. The number of amides is 2. The summed E-state index contributed by atoms with van der Waals surface area (Å²) >= 11 is 0. The molecule has 3 aliphatic rings. The number of methoxy groups -OCH3 is 1. The second-order valence-corrected chi connectivity index (χ2v) is 11.2. The lowest BCUT2D eigenvalue weighted by Gasteiger charge is -2.31. The molecule has 8 nitrogen and oxygen atoms in total. The van der Waals surface area contributed by atoms with Gasteiger partial charge in [-0.25, -0.2) is 4.39 Å². The van der Waals surface area contributed by atoms with Gasteiger partial charge < -0.3 is 25.2 Å². The smallest absolute Gasteiger partial charge is 0.306 e. The van der Waals surface area contributed by atoms with E-state index >= 15 is 0 Å². The largest absolute Gasteiger partial charge is 0.496 e. The highest BCUT2D eigenvalue weighted by atomic mass is 19.1. The zero-order valence-corrected chi connectivity index (χ0v) is 22.6. The quantitative estimate of drug-likeness (QED) is 0.385. The van der Waals surface area contributed by atoms with Gasteiger partial charge in [-0.05, 0) is 68.8 Å². The highest BCUT2D eigenvalue weighted by molar-refractivity contribution is 5.98. The molecule has 2 amide bonds. The average Bonchev–Trinajstić information content (AvgIpc) is 3.52. The Morgan fingerprint density at radius 1 is 1.03 bits per heavy atom. The number of nitrogens with one attached hydrogen (secondary N) is 2. The van der Waals surface area contributed by atoms with Crippen molar-refractivity contribution in [1.82, 2.24) is 10.6 Å². The molecule has 0 aromatic heterocycles. The number of hydrogen-bond acceptors (Lipinski definition) is 5. The summed E-state index contributed by atoms with van der Waals surface area (Å²) < 4.78 is 26.1. The summed E-state index contributed by atoms with van der Waals surface area (Å²) in [7, 11) is 1.38. The standard InChI is InChI=1S/C29H41FN2O6/c1-4-16(5-2)15-31-28(34)25-18-6-7-19(12-18)26(25)32-27(33)21-13-24(22(30)14-23(21)37-3)38-20-10-8-17(9-11-20)29(35)36/h13-14,16-20,25-26H,4-12,15H2,1-3H3,(H,31,34)(H,32,33)(H,35,36)/t17?,18-,19+,20?,25+,26-/m1/s1. The first kappa shape index (κ1) is 28.2. The summed E-state index contributed by atoms with van der Waals surface area (Å²) in [6.45, 7) is 4.88. The number of fused-ring (bicyclic) bond motifs is 2. The van der Waals surface area contributed by atoms with Crippen molar-refractivity contribution in [3.05, 3.63) is 23.5 Å². The lowest BCUT2D eigenvalue weighted by molar-refractivity contribution is -0.143. The normalized spacial score (nSPS) is 28.2. The number of carbonyl (C=O) groups is 3. The predicted molar refractivity (Wildman–Crippen MR) is 140 cm³/mol. The van der Waals surface area contributed by atoms with Gasteiger partial charge >= 0.3 is 5.97 Å². The number of aliphatic carboxylic acids is 1. The van der Waals surface area contributed by atoms with E-state index in [2.05, 4.69) is 24.5 Å². The maximum Gasteiger partial charge on any atom is 0.306 e. The van der Waals surface area contributed by atoms with Gasteiger partial charge in [0.15, 0.2) is 11.6 Å². The van der Waals surface area contributed by atoms with Crippen LogP contribution in [0.1, 0.15) is 82.0 Å². The number of rotatable bonds is 11. The third kappa shape index (κ3) is 6.07. The molecule has 1 aromatic rings. The van der Waals surface area contributed by atoms with Crippen LogP contribution in [0.4, 0.5) is 4.39 Å². The third-order valence-electron chi connectivity index (χ3n) is 9.05. The van der Waals surface area contributed by atoms with Crippen LogP contribution < -0.4 is 20.1 Å². The predicted octanol–water partition coefficient (Wildman–Crippen LogP) is 4.55. The van der Waals surface area contributed by atoms with Crippen LogP contribution in [0.3, 0.4) is 0 Å². The second kappa shape index (κ2) is 12.3. The Morgan fingerprint density at radius 3 is 2.34 bits per heavy atom. The molecule has 38 heavy (non-hydrogen) atoms. The van der Waals surface area contributed by atoms with E-state index in [-0.39, 0.29) is 52.9 Å². The van der Waals surface area contributed by atoms with Crippen molar-refractivity contribution in [2.45, 2.75) is 83.8 Å². The summed E-state index contributed by atoms with van der Waals surface area (Å²) in [5, 5.41) is 15.4. The van der Waals surface area contributed by atoms with Gasteiger partial charge in [0.1, 0.15) is 5.75 Å². The van der Waals surface area contributed by atoms with Crippen molar-refractivity contribution in [2.75, 3.05) is 13.7 Å². The van der Waals surface area contributed by atoms with E-state index in [0.29, 0.717) is 38.1 Å². The van der Waals surface area contributed by atoms with Crippen LogP contribution >= 0.6 is 0 Å². The monoisotopic (exact) mass is 532 g/mol. The molecule has 0 radical (unpaired) electrons. The van der Waals surface area contributed by atoms with Crippen LogP contribution in [0, 0.1) is 35.4 Å². The Kier molecular flexibility index (Phi) is 9.15. The summed E-state index contributed by atoms with van der Waals surface area (Å²) in [6, 6.07) is 2.23. The molecule has 4 rings (SSSR count). The lowest BCUT2D eigenvalue weighted by atomic mass is 9.83. The lowest BCUT2D eigenvalue weighted by Crippen LogP contribution is -2.50. The molecule has 0 heterocycles. The molecule has 9 heteroatoms. The minimum atomic E-state index is -0.818. The molecule has 1 aromatic carbocycles. The number of carboxylic acids is 1. The van der Waals surface area contributed by atoms with Crippen molar-refractivity contribution in [3.8, 4) is 11.5 Å². The van der Waals surface area contributed by atoms with E-state index in [4.69, 9.17) is 9.47 Å². The van der Waals surface area contributed by atoms with E-state index < -0.39 is 23.6 Å². The Bertz CT molecular complexity index is 1020. The van der Waals surface area contributed by atoms with E-state index in [0.717, 1.165) is 38.2 Å². The van der Waals surface area contributed by atoms with Crippen molar-refractivity contribution >= 4 is 17.8 Å². The molecular weight excluding hydrogens is 491 g/mol. The van der Waals surface area contributed by atoms with Gasteiger partial charge in [0.25, 0.3) is 5.91 Å². The first-order chi connectivity index (χ1) is 18.2. The van der Waals surface area contributed by atoms with E-state index in [1.165, 1.54) is 13.2 Å². The van der Waals surface area contributed by atoms with Gasteiger partial charge in [-0.3, -0.25) is 14.4 Å². The van der Waals surface area contributed by atoms with Gasteiger partial charge in [0.2, 0.25) is 5.91 Å². The van der Waals surface area contributed by atoms with Crippen LogP contribution in [0.5, 0.6) is 11.5 Å². The Labute approximate surface area is 224 Å². The molecule has 3 aliphatic carbocycles. The number of ether oxygens (including phenoxy) is 2. The molecule has 0 aliphatic heterocycles. The van der Waals surface area contributed by atoms with Crippen molar-refractivity contribution < 1.29 is 33.4 Å². The third-order valence-corrected chi connectivity index (χ3v) is 9.05. The van der Waals surface area contributed by atoms with Crippen LogP contribution in [0.2, 0.25) is 0 Å². The van der Waals surface area contributed by atoms with Gasteiger partial charge in [0, 0.05) is 18.7 Å². The zero-order chi connectivity index (χ0) is 27.4. The fourth-order valence-electron chi connectivity index (χ4n) is 6.62. The zero-order valence-electron chi connectivity index (χ0n) is 22.6. The molecule has 3 saturated carbocycles. The molecular formula is C29H41FN2O6. The SMILES string of the molecule is CCC(CC)CNC(=O)[C@H]1[C@@H]2CC[C@@H](C2)[C@H]1NC(=O)c1cc(OC2CCC(C(=O)O)CC2)c(F)cc1OC. The summed E-state index contributed by atoms with van der Waals surface area (Å²) in [6.07, 6.45) is 6.51. The number of carboxylic acid groups (broad SMARTS) is 1. The van der Waals surface area contributed by atoms with Gasteiger partial charge in [0.05, 0.1) is 30.6 Å². The fraction of sp³-hybridized carbons (Fsp3) is 0.690. The van der Waals surface area contributed by atoms with Crippen LogP contribution in [-0.2, 0) is 9.59 Å². The molecule has 210 valence electrons. The van der Waals surface area contributed by atoms with E-state index in [1.807, 2.05) is 0 Å². The number of halogens is 1. The Hall–Kier alpha value is -2.84. The maximum atomic E-state index is 14.9. The van der Waals surface area contributed by atoms with Crippen molar-refractivity contribution in [3.63, 3.8) is 0 Å². The van der Waals surface area contributed by atoms with Crippen LogP contribution in [-0.4, -0.2) is 48.7 Å². The van der Waals surface area contributed by atoms with Gasteiger partial charge in [-0.1, -0.05) is 26.7 Å². The van der Waals surface area contributed by atoms with E-state index in [9.17, 15) is 23.9 Å². The van der Waals surface area contributed by atoms with Crippen LogP contribution in [0.25, 0.3) is 0 Å². The number of carbonyl (C=O) groups excluding carboxylic acids is 2. The summed E-state index contributed by atoms with van der Waals surface area (Å²) in [4.78, 5) is 37.9. The summed E-state index contributed by atoms with van der Waals surface area (Å²) in [5.74, 6) is -1.59. The Balaban J connectivity index is 1.46. The molecule has 4 atom stereocenters. The molecule has 0 unspecified atom stereocenters. The van der Waals surface area contributed by atoms with Crippen molar-refractivity contribution in [1.29, 1.82) is 0 Å². The molecule has 0 saturated heterocycles. The minimum absolute atomic E-state index is 0.00135. The fourth-order valence-corrected chi connectivity index (χ4v) is 6.62. The van der Waals surface area contributed by atoms with E-state index in [1.54, 1.807) is 0 Å². The molecule has 3 N–H and O–H groups in total. The topological polar surface area (TPSA) is 114 Å².